The van der Waals surface area contributed by atoms with Crippen LogP contribution in [0.3, 0.4) is 0 Å². The Hall–Kier alpha value is -4.82. The zero-order valence-electron chi connectivity index (χ0n) is 29.4. The number of hydrogen-bond donors (Lipinski definition) is 2. The van der Waals surface area contributed by atoms with E-state index in [1.807, 2.05) is 24.4 Å². The first kappa shape index (κ1) is 33.7. The number of ether oxygens (including phenoxy) is 1. The number of rotatable bonds is 10. The van der Waals surface area contributed by atoms with Gasteiger partial charge in [-0.2, -0.15) is 10.1 Å². The third kappa shape index (κ3) is 7.22. The molecule has 7 rings (SSSR count). The van der Waals surface area contributed by atoms with E-state index in [1.165, 1.54) is 0 Å². The van der Waals surface area contributed by atoms with E-state index in [1.54, 1.807) is 18.2 Å². The maximum absolute atomic E-state index is 12.4. The average Bonchev–Trinajstić information content (AvgIpc) is 3.51. The highest BCUT2D eigenvalue weighted by atomic mass is 16.5. The highest BCUT2D eigenvalue weighted by Crippen LogP contribution is 2.33. The number of hydrogen-bond acceptors (Lipinski definition) is 11. The van der Waals surface area contributed by atoms with Gasteiger partial charge in [-0.3, -0.25) is 24.6 Å². The fourth-order valence-corrected chi connectivity index (χ4v) is 7.27. The summed E-state index contributed by atoms with van der Waals surface area (Å²) < 4.78 is 7.61. The SMILES string of the molecule is COC1CCN(c2nccc(Nc3cc4c(cn3)c(N3CCC(N(C)Cc5cccc(N6CCC(=O)NC6=O)c5)CC3)nn4C(C)C)n2)CC1. The molecule has 3 aliphatic rings. The number of methoxy groups -OCH3 is 1. The molecule has 4 aromatic rings. The van der Waals surface area contributed by atoms with Gasteiger partial charge in [-0.15, -0.1) is 0 Å². The molecule has 3 fully saturated rings. The number of nitrogens with zero attached hydrogens (tertiary/aromatic N) is 9. The van der Waals surface area contributed by atoms with Crippen LogP contribution in [0.1, 0.15) is 57.6 Å². The molecule has 14 nitrogen and oxygen atoms in total. The molecule has 1 aromatic carbocycles. The van der Waals surface area contributed by atoms with Gasteiger partial charge < -0.3 is 19.9 Å². The number of carbonyl (C=O) groups is 2. The van der Waals surface area contributed by atoms with E-state index in [0.29, 0.717) is 42.7 Å². The number of amides is 3. The third-order valence-electron chi connectivity index (χ3n) is 10.1. The number of nitrogens with one attached hydrogen (secondary N) is 2. The van der Waals surface area contributed by atoms with Crippen LogP contribution in [0.25, 0.3) is 10.9 Å². The van der Waals surface area contributed by atoms with Crippen molar-refractivity contribution in [3.8, 4) is 0 Å². The van der Waals surface area contributed by atoms with Gasteiger partial charge in [-0.25, -0.2) is 14.8 Å². The van der Waals surface area contributed by atoms with Crippen LogP contribution in [0.4, 0.5) is 33.9 Å². The molecule has 0 bridgehead atoms. The molecule has 0 atom stereocenters. The molecule has 0 spiro atoms. The van der Waals surface area contributed by atoms with Crippen LogP contribution >= 0.6 is 0 Å². The van der Waals surface area contributed by atoms with E-state index >= 15 is 0 Å². The van der Waals surface area contributed by atoms with Crippen LogP contribution in [-0.2, 0) is 16.1 Å². The number of urea groups is 1. The molecule has 0 aliphatic carbocycles. The molecule has 3 saturated heterocycles. The summed E-state index contributed by atoms with van der Waals surface area (Å²) in [6.45, 7) is 9.01. The summed E-state index contributed by atoms with van der Waals surface area (Å²) in [4.78, 5) is 46.7. The highest BCUT2D eigenvalue weighted by molar-refractivity contribution is 6.05. The fourth-order valence-electron chi connectivity index (χ4n) is 7.27. The highest BCUT2D eigenvalue weighted by Gasteiger charge is 2.28. The monoisotopic (exact) mass is 681 g/mol. The van der Waals surface area contributed by atoms with Gasteiger partial charge in [-0.05, 0) is 70.3 Å². The number of fused-ring (bicyclic) bond motifs is 1. The first-order valence-electron chi connectivity index (χ1n) is 17.7. The van der Waals surface area contributed by atoms with Crippen molar-refractivity contribution in [2.75, 3.05) is 66.9 Å². The molecule has 6 heterocycles. The molecule has 264 valence electrons. The Morgan fingerprint density at radius 1 is 0.980 bits per heavy atom. The average molecular weight is 682 g/mol. The van der Waals surface area contributed by atoms with Crippen LogP contribution in [0.15, 0.2) is 48.8 Å². The second-order valence-corrected chi connectivity index (χ2v) is 13.8. The van der Waals surface area contributed by atoms with E-state index in [0.717, 1.165) is 86.4 Å². The van der Waals surface area contributed by atoms with Crippen molar-refractivity contribution < 1.29 is 14.3 Å². The summed E-state index contributed by atoms with van der Waals surface area (Å²) in [5, 5.41) is 12.0. The quantitative estimate of drug-likeness (QED) is 0.241. The maximum Gasteiger partial charge on any atom is 0.328 e. The number of carbonyl (C=O) groups excluding carboxylic acids is 2. The normalized spacial score (nSPS) is 18.1. The lowest BCUT2D eigenvalue weighted by atomic mass is 10.0. The van der Waals surface area contributed by atoms with E-state index in [-0.39, 0.29) is 18.0 Å². The minimum atomic E-state index is -0.358. The smallest absolute Gasteiger partial charge is 0.328 e. The predicted octanol–water partition coefficient (Wildman–Crippen LogP) is 4.71. The van der Waals surface area contributed by atoms with Gasteiger partial charge >= 0.3 is 6.03 Å². The van der Waals surface area contributed by atoms with Crippen LogP contribution in [0.5, 0.6) is 0 Å². The van der Waals surface area contributed by atoms with Gasteiger partial charge in [-0.1, -0.05) is 12.1 Å². The summed E-state index contributed by atoms with van der Waals surface area (Å²) in [5.41, 5.74) is 2.99. The first-order valence-corrected chi connectivity index (χ1v) is 17.7. The van der Waals surface area contributed by atoms with Gasteiger partial charge in [0.15, 0.2) is 5.82 Å². The summed E-state index contributed by atoms with van der Waals surface area (Å²) >= 11 is 0. The van der Waals surface area contributed by atoms with Crippen molar-refractivity contribution in [3.05, 3.63) is 54.4 Å². The van der Waals surface area contributed by atoms with Gasteiger partial charge in [0, 0.05) is 89.0 Å². The van der Waals surface area contributed by atoms with Gasteiger partial charge in [0.05, 0.1) is 17.0 Å². The van der Waals surface area contributed by atoms with Crippen LogP contribution in [-0.4, -0.2) is 101 Å². The van der Waals surface area contributed by atoms with Gasteiger partial charge in [0.25, 0.3) is 0 Å². The van der Waals surface area contributed by atoms with E-state index < -0.39 is 0 Å². The Morgan fingerprint density at radius 3 is 2.50 bits per heavy atom. The van der Waals surface area contributed by atoms with Crippen molar-refractivity contribution in [2.24, 2.45) is 0 Å². The van der Waals surface area contributed by atoms with Crippen molar-refractivity contribution in [1.82, 2.24) is 34.9 Å². The lowest BCUT2D eigenvalue weighted by Crippen LogP contribution is -2.49. The van der Waals surface area contributed by atoms with Crippen LogP contribution in [0, 0.1) is 0 Å². The standard InChI is InChI=1S/C36H47N11O3/c1-24(2)47-30-21-32(39-31-8-14-37-35(40-31)45-17-11-28(50-4)12-18-45)38-22-29(30)34(42-47)44-15-9-26(10-16-44)43(3)23-25-6-5-7-27(20-25)46-19-13-33(48)41-36(46)49/h5-8,14,20-22,24,26,28H,9-13,15-19,23H2,1-4H3,(H,41,48,49)(H,37,38,39,40). The summed E-state index contributed by atoms with van der Waals surface area (Å²) in [6.07, 6.45) is 8.28. The fraction of sp³-hybridized carbons (Fsp3) is 0.500. The molecule has 14 heteroatoms. The molecular formula is C36H47N11O3. The lowest BCUT2D eigenvalue weighted by molar-refractivity contribution is -0.120. The van der Waals surface area contributed by atoms with Crippen molar-refractivity contribution >= 4 is 51.9 Å². The number of benzene rings is 1. The Labute approximate surface area is 292 Å². The molecule has 0 unspecified atom stereocenters. The number of imide groups is 1. The molecule has 3 amide bonds. The van der Waals surface area contributed by atoms with Crippen molar-refractivity contribution in [2.45, 2.75) is 70.7 Å². The Morgan fingerprint density at radius 2 is 1.76 bits per heavy atom. The maximum atomic E-state index is 12.4. The second kappa shape index (κ2) is 14.6. The molecule has 0 saturated carbocycles. The molecule has 50 heavy (non-hydrogen) atoms. The molecule has 2 N–H and O–H groups in total. The lowest BCUT2D eigenvalue weighted by Gasteiger charge is -2.37. The largest absolute Gasteiger partial charge is 0.381 e. The zero-order chi connectivity index (χ0) is 34.8. The summed E-state index contributed by atoms with van der Waals surface area (Å²) in [7, 11) is 3.95. The van der Waals surface area contributed by atoms with Crippen LogP contribution < -0.4 is 25.3 Å². The molecule has 0 radical (unpaired) electrons. The number of piperidine rings is 2. The van der Waals surface area contributed by atoms with Crippen LogP contribution in [0.2, 0.25) is 0 Å². The van der Waals surface area contributed by atoms with E-state index in [4.69, 9.17) is 19.8 Å². The zero-order valence-corrected chi connectivity index (χ0v) is 29.4. The topological polar surface area (TPSA) is 137 Å². The van der Waals surface area contributed by atoms with Gasteiger partial charge in [0.2, 0.25) is 11.9 Å². The molecular weight excluding hydrogens is 634 g/mol. The Balaban J connectivity index is 1.00. The molecule has 3 aliphatic heterocycles. The third-order valence-corrected chi connectivity index (χ3v) is 10.1. The number of anilines is 5. The van der Waals surface area contributed by atoms with Gasteiger partial charge in [0.1, 0.15) is 11.6 Å². The van der Waals surface area contributed by atoms with Crippen molar-refractivity contribution in [1.29, 1.82) is 0 Å². The minimum Gasteiger partial charge on any atom is -0.381 e. The Bertz CT molecular complexity index is 1830. The van der Waals surface area contributed by atoms with E-state index in [2.05, 4.69) is 74.1 Å². The second-order valence-electron chi connectivity index (χ2n) is 13.8. The van der Waals surface area contributed by atoms with Crippen molar-refractivity contribution in [3.63, 3.8) is 0 Å². The first-order chi connectivity index (χ1) is 24.2. The predicted molar refractivity (Wildman–Crippen MR) is 194 cm³/mol. The van der Waals surface area contributed by atoms with E-state index in [9.17, 15) is 9.59 Å². The number of aromatic nitrogens is 5. The number of pyridine rings is 1. The summed E-state index contributed by atoms with van der Waals surface area (Å²) in [6, 6.07) is 12.2. The minimum absolute atomic E-state index is 0.179. The Kier molecular flexibility index (Phi) is 9.81. The molecule has 3 aromatic heterocycles. The summed E-state index contributed by atoms with van der Waals surface area (Å²) in [5.74, 6) is 2.89.